The summed E-state index contributed by atoms with van der Waals surface area (Å²) in [5, 5.41) is 49.5. The van der Waals surface area contributed by atoms with Crippen LogP contribution in [0.4, 0.5) is 4.79 Å². The molecular weight excluding hydrogens is 947 g/mol. The van der Waals surface area contributed by atoms with Crippen LogP contribution >= 0.6 is 0 Å². The number of amides is 5. The smallest absolute Gasteiger partial charge is 0.326 e. The summed E-state index contributed by atoms with van der Waals surface area (Å²) >= 11 is 0. The zero-order valence-corrected chi connectivity index (χ0v) is 39.9. The molecule has 2 aromatic carbocycles. The van der Waals surface area contributed by atoms with Gasteiger partial charge in [-0.1, -0.05) is 42.5 Å². The lowest BCUT2D eigenvalue weighted by Gasteiger charge is -2.33. The van der Waals surface area contributed by atoms with Crippen LogP contribution in [0.25, 0.3) is 10.8 Å². The van der Waals surface area contributed by atoms with Gasteiger partial charge in [0.1, 0.15) is 31.6 Å². The zero-order chi connectivity index (χ0) is 52.2. The lowest BCUT2D eigenvalue weighted by molar-refractivity contribution is -0.141. The topological polar surface area (TPSA) is 334 Å². The molecule has 2 aliphatic heterocycles. The average Bonchev–Trinajstić information content (AvgIpc) is 3.84. The van der Waals surface area contributed by atoms with E-state index >= 15 is 0 Å². The number of ether oxygens (including phenoxy) is 2. The average molecular weight is 1010 g/mol. The molecule has 5 rings (SSSR count). The summed E-state index contributed by atoms with van der Waals surface area (Å²) in [7, 11) is 0. The van der Waals surface area contributed by atoms with Crippen LogP contribution < -0.4 is 21.3 Å². The fourth-order valence-electron chi connectivity index (χ4n) is 9.05. The van der Waals surface area contributed by atoms with Gasteiger partial charge in [-0.15, -0.1) is 0 Å². The van der Waals surface area contributed by atoms with Gasteiger partial charge < -0.3 is 56.1 Å². The van der Waals surface area contributed by atoms with E-state index in [9.17, 15) is 63.3 Å². The molecule has 1 saturated carbocycles. The quantitative estimate of drug-likeness (QED) is 0.0373. The van der Waals surface area contributed by atoms with Crippen LogP contribution in [0.5, 0.6) is 0 Å². The van der Waals surface area contributed by atoms with Crippen molar-refractivity contribution in [2.75, 3.05) is 98.5 Å². The van der Waals surface area contributed by atoms with E-state index < -0.39 is 72.7 Å². The molecule has 5 atom stereocenters. The van der Waals surface area contributed by atoms with Crippen LogP contribution in [0.2, 0.25) is 0 Å². The Morgan fingerprint density at radius 3 is 1.71 bits per heavy atom. The molecule has 3 aliphatic rings. The third kappa shape index (κ3) is 18.0. The number of urea groups is 1. The Morgan fingerprint density at radius 2 is 1.17 bits per heavy atom. The summed E-state index contributed by atoms with van der Waals surface area (Å²) in [5.74, 6) is -6.79. The highest BCUT2D eigenvalue weighted by molar-refractivity contribution is 5.91. The molecule has 3 unspecified atom stereocenters. The van der Waals surface area contributed by atoms with E-state index in [2.05, 4.69) is 21.3 Å². The number of fused-ring (bicyclic) bond motifs is 2. The molecular formula is C47H65N9O16. The number of carbonyl (C=O) groups is 10. The predicted molar refractivity (Wildman–Crippen MR) is 253 cm³/mol. The van der Waals surface area contributed by atoms with Gasteiger partial charge in [-0.2, -0.15) is 0 Å². The Bertz CT molecular complexity index is 2220. The molecule has 25 nitrogen and oxygen atoms in total. The number of carboxylic acids is 4. The second-order valence-corrected chi connectivity index (χ2v) is 18.2. The number of hydrogen-bond acceptors (Lipinski definition) is 16. The Labute approximate surface area is 415 Å². The van der Waals surface area contributed by atoms with Gasteiger partial charge in [0.15, 0.2) is 0 Å². The van der Waals surface area contributed by atoms with Crippen LogP contribution in [-0.2, 0) is 59.0 Å². The van der Waals surface area contributed by atoms with E-state index in [0.29, 0.717) is 78.4 Å². The van der Waals surface area contributed by atoms with Crippen molar-refractivity contribution in [2.24, 2.45) is 17.8 Å². The Balaban J connectivity index is 1.15. The molecule has 72 heavy (non-hydrogen) atoms. The number of likely N-dealkylation sites (tertiary alicyclic amines) is 1. The van der Waals surface area contributed by atoms with Crippen molar-refractivity contribution in [3.63, 3.8) is 0 Å². The minimum absolute atomic E-state index is 0.000286. The molecule has 0 bridgehead atoms. The lowest BCUT2D eigenvalue weighted by Crippen LogP contribution is -2.51. The molecule has 1 aliphatic carbocycles. The van der Waals surface area contributed by atoms with Gasteiger partial charge in [0.2, 0.25) is 17.7 Å². The normalized spacial score (nSPS) is 20.2. The van der Waals surface area contributed by atoms with Gasteiger partial charge >= 0.3 is 29.9 Å². The number of nitrogens with zero attached hydrogens (tertiary/aromatic N) is 5. The first-order valence-electron chi connectivity index (χ1n) is 23.8. The highest BCUT2D eigenvalue weighted by atomic mass is 16.5. The standard InChI is InChI=1S/C47H65N9O16/c57-29-71-27-54-17-15-52(13-14-53(26-41(62)63)16-18-55(20-19-54)28-72-30-58)25-39(59)56-23-34-35(24-56)42(34)44(65)49-38(22-31-8-9-32-5-1-2-6-33(32)21-31)43(64)48-12-4-3-7-36(45(66)67)50-47(70)51-37(46(68)69)10-11-40(60)61/h1-2,5-6,8-9,21,29-30,34-38,42H,3-4,7,10-20,22-28H2,(H,48,64)(H,49,65)(H,60,61)(H,62,63)(H,66,67)(H,68,69)(H2,50,51,70)/t34?,35?,36?,37-,38-,42?/m0/s1. The third-order valence-electron chi connectivity index (χ3n) is 13.1. The van der Waals surface area contributed by atoms with Crippen LogP contribution in [0, 0.1) is 17.8 Å². The van der Waals surface area contributed by atoms with Crippen molar-refractivity contribution in [1.29, 1.82) is 0 Å². The summed E-state index contributed by atoms with van der Waals surface area (Å²) in [4.78, 5) is 131. The maximum atomic E-state index is 13.9. The van der Waals surface area contributed by atoms with Gasteiger partial charge in [0, 0.05) is 90.8 Å². The molecule has 5 amide bonds. The minimum Gasteiger partial charge on any atom is -0.481 e. The van der Waals surface area contributed by atoms with Crippen LogP contribution in [-0.4, -0.2) is 222 Å². The summed E-state index contributed by atoms with van der Waals surface area (Å²) in [6.45, 7) is 4.32. The predicted octanol–water partition coefficient (Wildman–Crippen LogP) is -1.50. The summed E-state index contributed by atoms with van der Waals surface area (Å²) in [5.41, 5.74) is 0.794. The van der Waals surface area contributed by atoms with E-state index in [0.717, 1.165) is 16.3 Å². The van der Waals surface area contributed by atoms with Gasteiger partial charge in [-0.25, -0.2) is 14.4 Å². The largest absolute Gasteiger partial charge is 0.481 e. The molecule has 2 aromatic rings. The maximum Gasteiger partial charge on any atom is 0.326 e. The van der Waals surface area contributed by atoms with E-state index in [-0.39, 0.29) is 82.4 Å². The number of unbranched alkanes of at least 4 members (excludes halogenated alkanes) is 1. The first-order valence-corrected chi connectivity index (χ1v) is 23.8. The first kappa shape index (κ1) is 56.0. The summed E-state index contributed by atoms with van der Waals surface area (Å²) in [6.07, 6.45) is -0.359. The molecule has 8 N–H and O–H groups in total. The fourth-order valence-corrected chi connectivity index (χ4v) is 9.05. The second kappa shape index (κ2) is 28.2. The SMILES string of the molecule is O=COCN1CCN(COC=O)CCN(CC(=O)N2CC3C(C2)C3C(=O)N[C@@H](Cc2ccc3ccccc3c2)C(=O)NCCCCC(NC(=O)N[C@@H](CCC(=O)O)C(=O)O)C(=O)O)CCN(CC(=O)O)CC1. The molecule has 0 aromatic heterocycles. The van der Waals surface area contributed by atoms with E-state index in [1.54, 1.807) is 9.80 Å². The molecule has 25 heteroatoms. The number of nitrogens with one attached hydrogen (secondary N) is 4. The lowest BCUT2D eigenvalue weighted by atomic mass is 10.0. The van der Waals surface area contributed by atoms with Crippen LogP contribution in [0.15, 0.2) is 42.5 Å². The Hall–Kier alpha value is -6.96. The van der Waals surface area contributed by atoms with Crippen molar-refractivity contribution in [1.82, 2.24) is 45.8 Å². The third-order valence-corrected chi connectivity index (χ3v) is 13.1. The number of piperidine rings is 1. The monoisotopic (exact) mass is 1010 g/mol. The molecule has 3 fully saturated rings. The van der Waals surface area contributed by atoms with Crippen molar-refractivity contribution >= 4 is 71.3 Å². The number of rotatable bonds is 27. The van der Waals surface area contributed by atoms with Crippen molar-refractivity contribution < 1.29 is 77.8 Å². The van der Waals surface area contributed by atoms with E-state index in [4.69, 9.17) is 14.6 Å². The van der Waals surface area contributed by atoms with Gasteiger partial charge in [0.05, 0.1) is 13.1 Å². The van der Waals surface area contributed by atoms with Crippen molar-refractivity contribution in [3.05, 3.63) is 48.0 Å². The van der Waals surface area contributed by atoms with Gasteiger partial charge in [-0.3, -0.25) is 53.2 Å². The molecule has 2 heterocycles. The molecule has 0 spiro atoms. The number of aliphatic carboxylic acids is 4. The zero-order valence-electron chi connectivity index (χ0n) is 39.9. The Kier molecular flexibility index (Phi) is 21.9. The number of carboxylic acid groups (broad SMARTS) is 4. The number of benzene rings is 2. The molecule has 2 saturated heterocycles. The van der Waals surface area contributed by atoms with Crippen molar-refractivity contribution in [2.45, 2.75) is 56.7 Å². The van der Waals surface area contributed by atoms with E-state index in [1.165, 1.54) is 0 Å². The first-order chi connectivity index (χ1) is 34.5. The molecule has 0 radical (unpaired) electrons. The fraction of sp³-hybridized carbons (Fsp3) is 0.574. The van der Waals surface area contributed by atoms with Crippen molar-refractivity contribution in [3.8, 4) is 0 Å². The van der Waals surface area contributed by atoms with Crippen LogP contribution in [0.3, 0.4) is 0 Å². The summed E-state index contributed by atoms with van der Waals surface area (Å²) < 4.78 is 10.00. The van der Waals surface area contributed by atoms with Gasteiger partial charge in [-0.05, 0) is 53.9 Å². The molecule has 394 valence electrons. The highest BCUT2D eigenvalue weighted by Gasteiger charge is 2.60. The Morgan fingerprint density at radius 1 is 0.625 bits per heavy atom. The summed E-state index contributed by atoms with van der Waals surface area (Å²) in [6, 6.07) is 8.39. The number of carbonyl (C=O) groups excluding carboxylic acids is 6. The highest BCUT2D eigenvalue weighted by Crippen LogP contribution is 2.51. The second-order valence-electron chi connectivity index (χ2n) is 18.2. The number of hydrogen-bond donors (Lipinski definition) is 8. The maximum absolute atomic E-state index is 13.9. The van der Waals surface area contributed by atoms with Gasteiger partial charge in [0.25, 0.3) is 12.9 Å². The minimum atomic E-state index is -1.55. The van der Waals surface area contributed by atoms with Crippen LogP contribution in [0.1, 0.15) is 37.7 Å². The van der Waals surface area contributed by atoms with E-state index in [1.807, 2.05) is 57.2 Å².